The van der Waals surface area contributed by atoms with Crippen LogP contribution in [0.4, 0.5) is 0 Å². The van der Waals surface area contributed by atoms with Crippen LogP contribution in [0.1, 0.15) is 23.0 Å². The van der Waals surface area contributed by atoms with Crippen LogP contribution in [0.2, 0.25) is 0 Å². The normalized spacial score (nSPS) is 22.4. The second-order valence-corrected chi connectivity index (χ2v) is 6.92. The minimum Gasteiger partial charge on any atom is -0.348 e. The van der Waals surface area contributed by atoms with Gasteiger partial charge in [0.25, 0.3) is 5.91 Å². The molecule has 3 heterocycles. The molecule has 21 heavy (non-hydrogen) atoms. The minimum atomic E-state index is 0.0801. The van der Waals surface area contributed by atoms with E-state index in [0.29, 0.717) is 10.8 Å². The molecule has 0 aromatic carbocycles. The number of aryl methyl sites for hydroxylation is 1. The molecule has 1 aromatic heterocycles. The number of rotatable bonds is 1. The van der Waals surface area contributed by atoms with E-state index in [1.165, 1.54) is 0 Å². The SMILES string of the molecule is Cc1ccc(C(=O)N2CCN(C3=NC[C@H](C)S3)CC2)cn1. The maximum atomic E-state index is 12.4. The molecule has 1 atom stereocenters. The van der Waals surface area contributed by atoms with E-state index in [0.717, 1.165) is 43.6 Å². The standard InChI is InChI=1S/C15H20N4OS/c1-11-3-4-13(10-16-11)14(20)18-5-7-19(8-6-18)15-17-9-12(2)21-15/h3-4,10,12H,5-9H2,1-2H3/t12-/m0/s1. The summed E-state index contributed by atoms with van der Waals surface area (Å²) in [4.78, 5) is 25.4. The minimum absolute atomic E-state index is 0.0801. The Hall–Kier alpha value is -1.56. The van der Waals surface area contributed by atoms with Gasteiger partial charge in [0, 0.05) is 43.3 Å². The van der Waals surface area contributed by atoms with E-state index in [-0.39, 0.29) is 5.91 Å². The number of pyridine rings is 1. The van der Waals surface area contributed by atoms with E-state index < -0.39 is 0 Å². The lowest BCUT2D eigenvalue weighted by Crippen LogP contribution is -2.49. The molecule has 5 nitrogen and oxygen atoms in total. The van der Waals surface area contributed by atoms with E-state index in [1.807, 2.05) is 35.7 Å². The van der Waals surface area contributed by atoms with Crippen molar-refractivity contribution in [3.05, 3.63) is 29.6 Å². The lowest BCUT2D eigenvalue weighted by Gasteiger charge is -2.35. The number of hydrogen-bond acceptors (Lipinski definition) is 5. The predicted molar refractivity (Wildman–Crippen MR) is 85.8 cm³/mol. The highest BCUT2D eigenvalue weighted by molar-refractivity contribution is 8.14. The first-order valence-electron chi connectivity index (χ1n) is 7.31. The smallest absolute Gasteiger partial charge is 0.255 e. The largest absolute Gasteiger partial charge is 0.348 e. The van der Waals surface area contributed by atoms with Gasteiger partial charge in [0.2, 0.25) is 0 Å². The highest BCUT2D eigenvalue weighted by atomic mass is 32.2. The molecule has 0 unspecified atom stereocenters. The van der Waals surface area contributed by atoms with Crippen molar-refractivity contribution >= 4 is 22.8 Å². The fraction of sp³-hybridized carbons (Fsp3) is 0.533. The van der Waals surface area contributed by atoms with Crippen LogP contribution in [-0.4, -0.2) is 63.8 Å². The van der Waals surface area contributed by atoms with Crippen LogP contribution in [0.15, 0.2) is 23.3 Å². The molecule has 0 bridgehead atoms. The van der Waals surface area contributed by atoms with E-state index in [4.69, 9.17) is 0 Å². The molecule has 1 fully saturated rings. The van der Waals surface area contributed by atoms with Crippen molar-refractivity contribution in [3.8, 4) is 0 Å². The van der Waals surface area contributed by atoms with Gasteiger partial charge < -0.3 is 9.80 Å². The fourth-order valence-corrected chi connectivity index (χ4v) is 3.50. The number of aromatic nitrogens is 1. The van der Waals surface area contributed by atoms with Gasteiger partial charge in [-0.15, -0.1) is 0 Å². The molecular formula is C15H20N4OS. The van der Waals surface area contributed by atoms with Crippen LogP contribution < -0.4 is 0 Å². The molecule has 0 radical (unpaired) electrons. The lowest BCUT2D eigenvalue weighted by molar-refractivity contribution is 0.0693. The number of hydrogen-bond donors (Lipinski definition) is 0. The van der Waals surface area contributed by atoms with Crippen LogP contribution >= 0.6 is 11.8 Å². The molecule has 2 aliphatic rings. The summed E-state index contributed by atoms with van der Waals surface area (Å²) in [6, 6.07) is 3.74. The van der Waals surface area contributed by atoms with Gasteiger partial charge in [-0.2, -0.15) is 0 Å². The lowest BCUT2D eigenvalue weighted by atomic mass is 10.2. The molecular weight excluding hydrogens is 284 g/mol. The van der Waals surface area contributed by atoms with Gasteiger partial charge in [-0.1, -0.05) is 18.7 Å². The summed E-state index contributed by atoms with van der Waals surface area (Å²) in [5.74, 6) is 0.0801. The first-order chi connectivity index (χ1) is 10.1. The molecule has 1 saturated heterocycles. The van der Waals surface area contributed by atoms with Crippen LogP contribution in [0.25, 0.3) is 0 Å². The fourth-order valence-electron chi connectivity index (χ4n) is 2.51. The molecule has 112 valence electrons. The quantitative estimate of drug-likeness (QED) is 0.791. The summed E-state index contributed by atoms with van der Waals surface area (Å²) in [5, 5.41) is 1.73. The Morgan fingerprint density at radius 3 is 2.62 bits per heavy atom. The summed E-state index contributed by atoms with van der Waals surface area (Å²) >= 11 is 1.84. The van der Waals surface area contributed by atoms with Crippen LogP contribution in [0.3, 0.4) is 0 Å². The average molecular weight is 304 g/mol. The molecule has 1 amide bonds. The van der Waals surface area contributed by atoms with Gasteiger partial charge in [0.15, 0.2) is 5.17 Å². The van der Waals surface area contributed by atoms with Crippen molar-refractivity contribution in [2.24, 2.45) is 4.99 Å². The number of piperazine rings is 1. The molecule has 0 aliphatic carbocycles. The van der Waals surface area contributed by atoms with E-state index in [9.17, 15) is 4.79 Å². The van der Waals surface area contributed by atoms with Crippen LogP contribution in [0.5, 0.6) is 0 Å². The number of carbonyl (C=O) groups is 1. The number of aliphatic imine (C=N–C) groups is 1. The number of nitrogens with zero attached hydrogens (tertiary/aromatic N) is 4. The molecule has 1 aromatic rings. The van der Waals surface area contributed by atoms with Crippen molar-refractivity contribution in [3.63, 3.8) is 0 Å². The van der Waals surface area contributed by atoms with Crippen LogP contribution in [-0.2, 0) is 0 Å². The molecule has 2 aliphatic heterocycles. The molecule has 0 N–H and O–H groups in total. The van der Waals surface area contributed by atoms with Crippen molar-refractivity contribution in [2.45, 2.75) is 19.1 Å². The van der Waals surface area contributed by atoms with Crippen molar-refractivity contribution in [1.29, 1.82) is 0 Å². The summed E-state index contributed by atoms with van der Waals surface area (Å²) in [6.45, 7) is 8.27. The Morgan fingerprint density at radius 2 is 2.05 bits per heavy atom. The number of carbonyl (C=O) groups excluding carboxylic acids is 1. The Balaban J connectivity index is 1.58. The number of amidine groups is 1. The summed E-state index contributed by atoms with van der Waals surface area (Å²) < 4.78 is 0. The van der Waals surface area contributed by atoms with Gasteiger partial charge in [-0.05, 0) is 19.1 Å². The Kier molecular flexibility index (Phi) is 4.14. The van der Waals surface area contributed by atoms with Gasteiger partial charge in [-0.25, -0.2) is 0 Å². The second kappa shape index (κ2) is 6.05. The van der Waals surface area contributed by atoms with Crippen molar-refractivity contribution in [1.82, 2.24) is 14.8 Å². The Morgan fingerprint density at radius 1 is 1.29 bits per heavy atom. The average Bonchev–Trinajstić information content (AvgIpc) is 2.94. The summed E-state index contributed by atoms with van der Waals surface area (Å²) in [7, 11) is 0. The maximum Gasteiger partial charge on any atom is 0.255 e. The third-order valence-corrected chi connectivity index (χ3v) is 4.94. The number of amides is 1. The second-order valence-electron chi connectivity index (χ2n) is 5.52. The zero-order valence-corrected chi connectivity index (χ0v) is 13.3. The first kappa shape index (κ1) is 14.4. The highest BCUT2D eigenvalue weighted by Gasteiger charge is 2.27. The topological polar surface area (TPSA) is 48.8 Å². The summed E-state index contributed by atoms with van der Waals surface area (Å²) in [5.41, 5.74) is 1.61. The van der Waals surface area contributed by atoms with E-state index in [2.05, 4.69) is 21.8 Å². The van der Waals surface area contributed by atoms with E-state index >= 15 is 0 Å². The first-order valence-corrected chi connectivity index (χ1v) is 8.19. The third kappa shape index (κ3) is 3.20. The molecule has 6 heteroatoms. The van der Waals surface area contributed by atoms with Gasteiger partial charge in [-0.3, -0.25) is 14.8 Å². The Labute approximate surface area is 129 Å². The van der Waals surface area contributed by atoms with Gasteiger partial charge in [0.05, 0.1) is 12.1 Å². The highest BCUT2D eigenvalue weighted by Crippen LogP contribution is 2.23. The zero-order valence-electron chi connectivity index (χ0n) is 12.5. The van der Waals surface area contributed by atoms with E-state index in [1.54, 1.807) is 6.20 Å². The van der Waals surface area contributed by atoms with Crippen molar-refractivity contribution < 1.29 is 4.79 Å². The predicted octanol–water partition coefficient (Wildman–Crippen LogP) is 1.64. The monoisotopic (exact) mass is 304 g/mol. The molecule has 0 saturated carbocycles. The van der Waals surface area contributed by atoms with Gasteiger partial charge in [0.1, 0.15) is 0 Å². The third-order valence-electron chi connectivity index (χ3n) is 3.79. The van der Waals surface area contributed by atoms with Gasteiger partial charge >= 0.3 is 0 Å². The molecule has 3 rings (SSSR count). The maximum absolute atomic E-state index is 12.4. The zero-order chi connectivity index (χ0) is 14.8. The number of thioether (sulfide) groups is 1. The van der Waals surface area contributed by atoms with Crippen LogP contribution in [0, 0.1) is 6.92 Å². The van der Waals surface area contributed by atoms with Crippen molar-refractivity contribution in [2.75, 3.05) is 32.7 Å². The Bertz CT molecular complexity index is 549. The molecule has 0 spiro atoms. The summed E-state index contributed by atoms with van der Waals surface area (Å²) in [6.07, 6.45) is 1.67.